The zero-order valence-corrected chi connectivity index (χ0v) is 12.4. The van der Waals surface area contributed by atoms with Gasteiger partial charge in [0.1, 0.15) is 0 Å². The van der Waals surface area contributed by atoms with Crippen LogP contribution >= 0.6 is 11.3 Å². The van der Waals surface area contributed by atoms with Gasteiger partial charge in [0.25, 0.3) is 0 Å². The molecule has 0 spiro atoms. The number of carbonyl (C=O) groups excluding carboxylic acids is 1. The van der Waals surface area contributed by atoms with Crippen molar-refractivity contribution in [3.63, 3.8) is 0 Å². The van der Waals surface area contributed by atoms with Gasteiger partial charge in [-0.15, -0.1) is 0 Å². The minimum atomic E-state index is -0.0812. The van der Waals surface area contributed by atoms with E-state index < -0.39 is 0 Å². The second-order valence-corrected chi connectivity index (χ2v) is 6.28. The first kappa shape index (κ1) is 13.5. The molecule has 5 heteroatoms. The Kier molecular flexibility index (Phi) is 3.98. The van der Waals surface area contributed by atoms with E-state index in [1.54, 1.807) is 0 Å². The van der Waals surface area contributed by atoms with Crippen molar-refractivity contribution in [2.45, 2.75) is 32.2 Å². The lowest BCUT2D eigenvalue weighted by Crippen LogP contribution is -2.44. The fourth-order valence-electron chi connectivity index (χ4n) is 2.61. The number of fused-ring (bicyclic) bond motifs is 1. The molecule has 0 radical (unpaired) electrons. The van der Waals surface area contributed by atoms with Crippen molar-refractivity contribution >= 4 is 32.6 Å². The number of carbonyl (C=O) groups is 1. The summed E-state index contributed by atoms with van der Waals surface area (Å²) in [5.74, 6) is 0.0472. The molecule has 0 bridgehead atoms. The van der Waals surface area contributed by atoms with Crippen LogP contribution in [0.15, 0.2) is 24.3 Å². The highest BCUT2D eigenvalue weighted by molar-refractivity contribution is 7.22. The lowest BCUT2D eigenvalue weighted by molar-refractivity contribution is -0.121. The van der Waals surface area contributed by atoms with Gasteiger partial charge in [0.15, 0.2) is 5.13 Å². The van der Waals surface area contributed by atoms with Crippen LogP contribution < -0.4 is 5.32 Å². The van der Waals surface area contributed by atoms with Gasteiger partial charge in [-0.3, -0.25) is 9.69 Å². The number of aromatic nitrogens is 1. The molecular formula is C15H19N3OS. The standard InChI is InChI=1S/C15H19N3OS/c1-11(18-9-5-2-6-10-18)14(19)17-15-16-12-7-3-4-8-13(12)20-15/h3-4,7-8,11H,2,5-6,9-10H2,1H3,(H,16,17,19)/t11-/m1/s1. The number of amides is 1. The molecule has 0 saturated carbocycles. The summed E-state index contributed by atoms with van der Waals surface area (Å²) in [5, 5.41) is 3.65. The van der Waals surface area contributed by atoms with Crippen molar-refractivity contribution < 1.29 is 4.79 Å². The van der Waals surface area contributed by atoms with E-state index in [4.69, 9.17) is 0 Å². The van der Waals surface area contributed by atoms with Crippen LogP contribution in [-0.4, -0.2) is 34.9 Å². The molecule has 1 aliphatic rings. The van der Waals surface area contributed by atoms with Crippen molar-refractivity contribution in [3.05, 3.63) is 24.3 Å². The van der Waals surface area contributed by atoms with Crippen LogP contribution in [0, 0.1) is 0 Å². The Morgan fingerprint density at radius 1 is 1.30 bits per heavy atom. The summed E-state index contributed by atoms with van der Waals surface area (Å²) >= 11 is 1.53. The van der Waals surface area contributed by atoms with E-state index in [2.05, 4.69) is 15.2 Å². The molecular weight excluding hydrogens is 270 g/mol. The summed E-state index contributed by atoms with van der Waals surface area (Å²) < 4.78 is 1.11. The summed E-state index contributed by atoms with van der Waals surface area (Å²) in [7, 11) is 0. The van der Waals surface area contributed by atoms with Gasteiger partial charge in [0, 0.05) is 0 Å². The van der Waals surface area contributed by atoms with Gasteiger partial charge >= 0.3 is 0 Å². The predicted molar refractivity (Wildman–Crippen MR) is 83.1 cm³/mol. The van der Waals surface area contributed by atoms with E-state index in [-0.39, 0.29) is 11.9 Å². The maximum atomic E-state index is 12.3. The van der Waals surface area contributed by atoms with E-state index in [0.29, 0.717) is 5.13 Å². The molecule has 2 aromatic rings. The lowest BCUT2D eigenvalue weighted by atomic mass is 10.1. The zero-order valence-electron chi connectivity index (χ0n) is 11.6. The molecule has 1 aromatic heterocycles. The first-order chi connectivity index (χ1) is 9.74. The van der Waals surface area contributed by atoms with E-state index in [9.17, 15) is 4.79 Å². The fraction of sp³-hybridized carbons (Fsp3) is 0.467. The minimum absolute atomic E-state index is 0.0472. The Morgan fingerprint density at radius 2 is 2.05 bits per heavy atom. The summed E-state index contributed by atoms with van der Waals surface area (Å²) in [5.41, 5.74) is 0.943. The molecule has 4 nitrogen and oxygen atoms in total. The third-order valence-electron chi connectivity index (χ3n) is 3.84. The van der Waals surface area contributed by atoms with Gasteiger partial charge in [-0.1, -0.05) is 29.9 Å². The molecule has 1 fully saturated rings. The number of nitrogens with one attached hydrogen (secondary N) is 1. The third-order valence-corrected chi connectivity index (χ3v) is 4.79. The van der Waals surface area contributed by atoms with Crippen LogP contribution in [0.5, 0.6) is 0 Å². The topological polar surface area (TPSA) is 45.2 Å². The molecule has 1 saturated heterocycles. The van der Waals surface area contributed by atoms with Gasteiger partial charge in [0.2, 0.25) is 5.91 Å². The molecule has 2 heterocycles. The Bertz CT molecular complexity index is 571. The van der Waals surface area contributed by atoms with Gasteiger partial charge in [-0.05, 0) is 45.0 Å². The predicted octanol–water partition coefficient (Wildman–Crippen LogP) is 3.11. The molecule has 1 aliphatic heterocycles. The molecule has 3 rings (SSSR count). The van der Waals surface area contributed by atoms with Crippen molar-refractivity contribution in [1.29, 1.82) is 0 Å². The minimum Gasteiger partial charge on any atom is -0.301 e. The molecule has 0 unspecified atom stereocenters. The van der Waals surface area contributed by atoms with Gasteiger partial charge in [0.05, 0.1) is 16.3 Å². The van der Waals surface area contributed by atoms with E-state index in [1.807, 2.05) is 31.2 Å². The molecule has 1 aromatic carbocycles. The van der Waals surface area contributed by atoms with Crippen LogP contribution in [-0.2, 0) is 4.79 Å². The molecule has 0 aliphatic carbocycles. The average Bonchev–Trinajstić information content (AvgIpc) is 2.89. The van der Waals surface area contributed by atoms with Crippen molar-refractivity contribution in [1.82, 2.24) is 9.88 Å². The number of benzene rings is 1. The smallest absolute Gasteiger partial charge is 0.243 e. The number of hydrogen-bond acceptors (Lipinski definition) is 4. The Labute approximate surface area is 122 Å². The monoisotopic (exact) mass is 289 g/mol. The number of rotatable bonds is 3. The summed E-state index contributed by atoms with van der Waals surface area (Å²) in [4.78, 5) is 19.0. The van der Waals surface area contributed by atoms with Crippen LogP contribution in [0.2, 0.25) is 0 Å². The summed E-state index contributed by atoms with van der Waals surface area (Å²) in [6.07, 6.45) is 3.67. The van der Waals surface area contributed by atoms with Gasteiger partial charge in [-0.2, -0.15) is 0 Å². The molecule has 1 N–H and O–H groups in total. The first-order valence-electron chi connectivity index (χ1n) is 7.14. The number of likely N-dealkylation sites (tertiary alicyclic amines) is 1. The molecule has 1 amide bonds. The number of piperidine rings is 1. The lowest BCUT2D eigenvalue weighted by Gasteiger charge is -2.31. The third kappa shape index (κ3) is 2.83. The van der Waals surface area contributed by atoms with Crippen molar-refractivity contribution in [2.24, 2.45) is 0 Å². The number of para-hydroxylation sites is 1. The van der Waals surface area contributed by atoms with Crippen molar-refractivity contribution in [3.8, 4) is 0 Å². The van der Waals surface area contributed by atoms with Crippen LogP contribution in [0.1, 0.15) is 26.2 Å². The van der Waals surface area contributed by atoms with Crippen LogP contribution in [0.4, 0.5) is 5.13 Å². The molecule has 20 heavy (non-hydrogen) atoms. The number of anilines is 1. The van der Waals surface area contributed by atoms with E-state index >= 15 is 0 Å². The highest BCUT2D eigenvalue weighted by Crippen LogP contribution is 2.25. The normalized spacial score (nSPS) is 18.1. The molecule has 106 valence electrons. The average molecular weight is 289 g/mol. The van der Waals surface area contributed by atoms with Crippen LogP contribution in [0.3, 0.4) is 0 Å². The fourth-order valence-corrected chi connectivity index (χ4v) is 3.48. The Balaban J connectivity index is 1.68. The van der Waals surface area contributed by atoms with Gasteiger partial charge in [-0.25, -0.2) is 4.98 Å². The van der Waals surface area contributed by atoms with Crippen molar-refractivity contribution in [2.75, 3.05) is 18.4 Å². The second-order valence-electron chi connectivity index (χ2n) is 5.25. The second kappa shape index (κ2) is 5.89. The highest BCUT2D eigenvalue weighted by Gasteiger charge is 2.23. The number of thiazole rings is 1. The Morgan fingerprint density at radius 3 is 2.80 bits per heavy atom. The maximum absolute atomic E-state index is 12.3. The zero-order chi connectivity index (χ0) is 13.9. The maximum Gasteiger partial charge on any atom is 0.243 e. The molecule has 1 atom stereocenters. The summed E-state index contributed by atoms with van der Waals surface area (Å²) in [6.45, 7) is 4.02. The quantitative estimate of drug-likeness (QED) is 0.944. The SMILES string of the molecule is C[C@H](C(=O)Nc1nc2ccccc2s1)N1CCCCC1. The first-order valence-corrected chi connectivity index (χ1v) is 7.96. The number of nitrogens with zero attached hydrogens (tertiary/aromatic N) is 2. The van der Waals surface area contributed by atoms with Crippen LogP contribution in [0.25, 0.3) is 10.2 Å². The van der Waals surface area contributed by atoms with Gasteiger partial charge < -0.3 is 5.32 Å². The number of hydrogen-bond donors (Lipinski definition) is 1. The summed E-state index contributed by atoms with van der Waals surface area (Å²) in [6, 6.07) is 7.86. The largest absolute Gasteiger partial charge is 0.301 e. The highest BCUT2D eigenvalue weighted by atomic mass is 32.1. The van der Waals surface area contributed by atoms with E-state index in [1.165, 1.54) is 30.6 Å². The Hall–Kier alpha value is -1.46. The van der Waals surface area contributed by atoms with E-state index in [0.717, 1.165) is 23.3 Å².